The molecule has 110 valence electrons. The van der Waals surface area contributed by atoms with E-state index < -0.39 is 0 Å². The fourth-order valence-corrected chi connectivity index (χ4v) is 2.56. The van der Waals surface area contributed by atoms with Gasteiger partial charge in [-0.25, -0.2) is 0 Å². The summed E-state index contributed by atoms with van der Waals surface area (Å²) in [5, 5.41) is 2.89. The van der Waals surface area contributed by atoms with E-state index in [1.165, 1.54) is 22.2 Å². The smallest absolute Gasteiger partial charge is 0.243 e. The Balaban J connectivity index is 2.70. The highest BCUT2D eigenvalue weighted by molar-refractivity contribution is 7.99. The lowest BCUT2D eigenvalue weighted by atomic mass is 10.1. The number of hydrogen-bond donors (Lipinski definition) is 1. The zero-order chi connectivity index (χ0) is 15.3. The maximum atomic E-state index is 12.0. The van der Waals surface area contributed by atoms with Crippen molar-refractivity contribution in [2.75, 3.05) is 30.9 Å². The summed E-state index contributed by atoms with van der Waals surface area (Å²) in [6.07, 6.45) is 1.87. The van der Waals surface area contributed by atoms with E-state index in [4.69, 9.17) is 0 Å². The molecule has 0 aliphatic carbocycles. The maximum Gasteiger partial charge on any atom is 0.243 e. The molecule has 2 amide bonds. The molecular formula is C15H22N2O2S. The molecule has 20 heavy (non-hydrogen) atoms. The number of likely N-dealkylation sites (N-methyl/N-ethyl adjacent to an activating group) is 1. The number of anilines is 1. The lowest BCUT2D eigenvalue weighted by Crippen LogP contribution is -2.36. The number of benzene rings is 1. The topological polar surface area (TPSA) is 49.4 Å². The molecule has 4 nitrogen and oxygen atoms in total. The van der Waals surface area contributed by atoms with Gasteiger partial charge >= 0.3 is 0 Å². The summed E-state index contributed by atoms with van der Waals surface area (Å²) in [5.41, 5.74) is 4.08. The first-order chi connectivity index (χ1) is 9.35. The summed E-state index contributed by atoms with van der Waals surface area (Å²) in [7, 11) is 1.65. The Morgan fingerprint density at radius 3 is 2.25 bits per heavy atom. The molecule has 0 spiro atoms. The van der Waals surface area contributed by atoms with Crippen molar-refractivity contribution >= 4 is 29.3 Å². The van der Waals surface area contributed by atoms with E-state index in [9.17, 15) is 9.59 Å². The molecule has 0 aliphatic rings. The molecular weight excluding hydrogens is 272 g/mol. The highest BCUT2D eigenvalue weighted by atomic mass is 32.2. The SMILES string of the molecule is CSCC(=O)N(C)CC(=O)Nc1c(C)cc(C)cc1C. The molecule has 1 aromatic rings. The van der Waals surface area contributed by atoms with Crippen LogP contribution in [0.25, 0.3) is 0 Å². The normalized spacial score (nSPS) is 10.2. The third-order valence-corrected chi connectivity index (χ3v) is 3.55. The van der Waals surface area contributed by atoms with E-state index in [0.29, 0.717) is 5.75 Å². The fraction of sp³-hybridized carbons (Fsp3) is 0.467. The highest BCUT2D eigenvalue weighted by Gasteiger charge is 2.14. The Bertz CT molecular complexity index is 492. The Labute approximate surface area is 124 Å². The molecule has 0 fully saturated rings. The number of rotatable bonds is 5. The first kappa shape index (κ1) is 16.6. The molecule has 0 radical (unpaired) electrons. The maximum absolute atomic E-state index is 12.0. The number of aryl methyl sites for hydroxylation is 3. The zero-order valence-electron chi connectivity index (χ0n) is 12.7. The number of amides is 2. The van der Waals surface area contributed by atoms with Gasteiger partial charge in [0.1, 0.15) is 0 Å². The molecule has 1 rings (SSSR count). The molecule has 5 heteroatoms. The van der Waals surface area contributed by atoms with Gasteiger partial charge in [-0.05, 0) is 38.2 Å². The van der Waals surface area contributed by atoms with Gasteiger partial charge in [0.15, 0.2) is 0 Å². The average Bonchev–Trinajstić information content (AvgIpc) is 2.34. The van der Waals surface area contributed by atoms with Crippen LogP contribution in [0.15, 0.2) is 12.1 Å². The van der Waals surface area contributed by atoms with Crippen LogP contribution in [0.4, 0.5) is 5.69 Å². The van der Waals surface area contributed by atoms with Gasteiger partial charge in [-0.1, -0.05) is 17.7 Å². The van der Waals surface area contributed by atoms with Crippen LogP contribution in [0.1, 0.15) is 16.7 Å². The summed E-state index contributed by atoms with van der Waals surface area (Å²) >= 11 is 1.45. The zero-order valence-corrected chi connectivity index (χ0v) is 13.6. The van der Waals surface area contributed by atoms with Crippen LogP contribution in [-0.2, 0) is 9.59 Å². The van der Waals surface area contributed by atoms with E-state index in [1.54, 1.807) is 7.05 Å². The number of carbonyl (C=O) groups is 2. The summed E-state index contributed by atoms with van der Waals surface area (Å²) in [6, 6.07) is 4.07. The van der Waals surface area contributed by atoms with Gasteiger partial charge in [0.25, 0.3) is 0 Å². The van der Waals surface area contributed by atoms with Crippen molar-refractivity contribution in [3.63, 3.8) is 0 Å². The van der Waals surface area contributed by atoms with Crippen LogP contribution >= 0.6 is 11.8 Å². The Kier molecular flexibility index (Phi) is 6.07. The highest BCUT2D eigenvalue weighted by Crippen LogP contribution is 2.21. The second-order valence-electron chi connectivity index (χ2n) is 5.00. The first-order valence-electron chi connectivity index (χ1n) is 6.45. The van der Waals surface area contributed by atoms with Crippen molar-refractivity contribution < 1.29 is 9.59 Å². The summed E-state index contributed by atoms with van der Waals surface area (Å²) in [4.78, 5) is 25.1. The second-order valence-corrected chi connectivity index (χ2v) is 5.87. The molecule has 0 saturated heterocycles. The summed E-state index contributed by atoms with van der Waals surface area (Å²) in [5.74, 6) is 0.189. The Morgan fingerprint density at radius 1 is 1.20 bits per heavy atom. The molecule has 1 N–H and O–H groups in total. The van der Waals surface area contributed by atoms with Crippen molar-refractivity contribution in [3.05, 3.63) is 28.8 Å². The minimum absolute atomic E-state index is 0.0370. The van der Waals surface area contributed by atoms with Gasteiger partial charge in [-0.3, -0.25) is 9.59 Å². The van der Waals surface area contributed by atoms with Crippen LogP contribution in [0.5, 0.6) is 0 Å². The number of nitrogens with zero attached hydrogens (tertiary/aromatic N) is 1. The molecule has 0 saturated carbocycles. The van der Waals surface area contributed by atoms with Gasteiger partial charge in [0, 0.05) is 12.7 Å². The lowest BCUT2D eigenvalue weighted by Gasteiger charge is -2.18. The standard InChI is InChI=1S/C15H22N2O2S/c1-10-6-11(2)15(12(3)7-10)16-13(18)8-17(4)14(19)9-20-5/h6-7H,8-9H2,1-5H3,(H,16,18). The van der Waals surface area contributed by atoms with Gasteiger partial charge < -0.3 is 10.2 Å². The van der Waals surface area contributed by atoms with Gasteiger partial charge in [0.2, 0.25) is 11.8 Å². The molecule has 0 heterocycles. The van der Waals surface area contributed by atoms with Crippen LogP contribution in [0, 0.1) is 20.8 Å². The number of nitrogens with one attached hydrogen (secondary N) is 1. The molecule has 0 bridgehead atoms. The molecule has 0 atom stereocenters. The van der Waals surface area contributed by atoms with Crippen molar-refractivity contribution in [1.82, 2.24) is 4.90 Å². The Hall–Kier alpha value is -1.49. The number of thioether (sulfide) groups is 1. The van der Waals surface area contributed by atoms with Gasteiger partial charge in [-0.2, -0.15) is 11.8 Å². The summed E-state index contributed by atoms with van der Waals surface area (Å²) in [6.45, 7) is 6.04. The van der Waals surface area contributed by atoms with Gasteiger partial charge in [0.05, 0.1) is 12.3 Å². The van der Waals surface area contributed by atoms with Crippen molar-refractivity contribution in [3.8, 4) is 0 Å². The third kappa shape index (κ3) is 4.56. The van der Waals surface area contributed by atoms with Crippen LogP contribution in [0.3, 0.4) is 0 Å². The quantitative estimate of drug-likeness (QED) is 0.907. The van der Waals surface area contributed by atoms with E-state index in [2.05, 4.69) is 5.32 Å². The Morgan fingerprint density at radius 2 is 1.75 bits per heavy atom. The predicted molar refractivity (Wildman–Crippen MR) is 85.3 cm³/mol. The number of hydrogen-bond acceptors (Lipinski definition) is 3. The third-order valence-electron chi connectivity index (χ3n) is 3.02. The molecule has 0 aromatic heterocycles. The largest absolute Gasteiger partial charge is 0.336 e. The van der Waals surface area contributed by atoms with Crippen molar-refractivity contribution in [2.45, 2.75) is 20.8 Å². The van der Waals surface area contributed by atoms with E-state index in [0.717, 1.165) is 16.8 Å². The monoisotopic (exact) mass is 294 g/mol. The fourth-order valence-electron chi connectivity index (χ4n) is 2.09. The van der Waals surface area contributed by atoms with Crippen LogP contribution in [-0.4, -0.2) is 42.3 Å². The minimum Gasteiger partial charge on any atom is -0.336 e. The first-order valence-corrected chi connectivity index (χ1v) is 7.85. The molecule has 1 aromatic carbocycles. The second kappa shape index (κ2) is 7.33. The summed E-state index contributed by atoms with van der Waals surface area (Å²) < 4.78 is 0. The molecule has 0 unspecified atom stereocenters. The minimum atomic E-state index is -0.169. The number of carbonyl (C=O) groups excluding carboxylic acids is 2. The molecule has 0 aliphatic heterocycles. The van der Waals surface area contributed by atoms with Crippen LogP contribution < -0.4 is 5.32 Å². The van der Waals surface area contributed by atoms with E-state index >= 15 is 0 Å². The predicted octanol–water partition coefficient (Wildman–Crippen LogP) is 2.37. The van der Waals surface area contributed by atoms with Crippen LogP contribution in [0.2, 0.25) is 0 Å². The lowest BCUT2D eigenvalue weighted by molar-refractivity contribution is -0.131. The average molecular weight is 294 g/mol. The van der Waals surface area contributed by atoms with Crippen molar-refractivity contribution in [1.29, 1.82) is 0 Å². The van der Waals surface area contributed by atoms with Crippen molar-refractivity contribution in [2.24, 2.45) is 0 Å². The van der Waals surface area contributed by atoms with Gasteiger partial charge in [-0.15, -0.1) is 0 Å². The van der Waals surface area contributed by atoms with E-state index in [1.807, 2.05) is 39.2 Å². The van der Waals surface area contributed by atoms with E-state index in [-0.39, 0.29) is 18.4 Å².